The van der Waals surface area contributed by atoms with Crippen molar-refractivity contribution in [1.82, 2.24) is 0 Å². The molecule has 1 aromatic heterocycles. The highest BCUT2D eigenvalue weighted by molar-refractivity contribution is 6.35. The van der Waals surface area contributed by atoms with Crippen molar-refractivity contribution in [2.45, 2.75) is 6.92 Å². The summed E-state index contributed by atoms with van der Waals surface area (Å²) in [7, 11) is 1.77. The summed E-state index contributed by atoms with van der Waals surface area (Å²) in [5.74, 6) is 0.955. The van der Waals surface area contributed by atoms with Gasteiger partial charge in [-0.25, -0.2) is 0 Å². The van der Waals surface area contributed by atoms with Crippen LogP contribution in [0.5, 0.6) is 0 Å². The second-order valence-corrected chi connectivity index (χ2v) is 7.47. The highest BCUT2D eigenvalue weighted by Gasteiger charge is 2.21. The van der Waals surface area contributed by atoms with E-state index in [1.165, 1.54) is 0 Å². The first-order valence-electron chi connectivity index (χ1n) is 8.77. The second-order valence-electron chi connectivity index (χ2n) is 6.60. The molecule has 1 amide bonds. The number of amides is 1. The zero-order valence-corrected chi connectivity index (χ0v) is 16.9. The molecule has 0 bridgehead atoms. The molecule has 0 spiro atoms. The van der Waals surface area contributed by atoms with E-state index in [0.29, 0.717) is 27.1 Å². The maximum atomic E-state index is 13.2. The number of halogens is 2. The Hall–Kier alpha value is -2.75. The van der Waals surface area contributed by atoms with Crippen molar-refractivity contribution >= 4 is 45.6 Å². The van der Waals surface area contributed by atoms with E-state index in [2.05, 4.69) is 0 Å². The Labute approximate surface area is 173 Å². The first-order valence-corrected chi connectivity index (χ1v) is 9.52. The van der Waals surface area contributed by atoms with Crippen LogP contribution in [0, 0.1) is 6.92 Å². The molecular formula is C23H17Cl2NO2. The predicted octanol–water partition coefficient (Wildman–Crippen LogP) is 6.99. The fourth-order valence-corrected chi connectivity index (χ4v) is 3.85. The Kier molecular flexibility index (Phi) is 4.88. The lowest BCUT2D eigenvalue weighted by Crippen LogP contribution is -2.26. The minimum absolute atomic E-state index is 0.142. The van der Waals surface area contributed by atoms with Crippen molar-refractivity contribution < 1.29 is 9.21 Å². The van der Waals surface area contributed by atoms with Gasteiger partial charge in [0.15, 0.2) is 0 Å². The monoisotopic (exact) mass is 409 g/mol. The van der Waals surface area contributed by atoms with E-state index in [4.69, 9.17) is 27.6 Å². The van der Waals surface area contributed by atoms with Gasteiger partial charge in [-0.2, -0.15) is 0 Å². The lowest BCUT2D eigenvalue weighted by Gasteiger charge is -2.19. The molecule has 0 fully saturated rings. The van der Waals surface area contributed by atoms with Crippen LogP contribution in [0.25, 0.3) is 22.1 Å². The number of fused-ring (bicyclic) bond motifs is 1. The minimum Gasteiger partial charge on any atom is -0.461 e. The molecule has 3 aromatic carbocycles. The van der Waals surface area contributed by atoms with Crippen molar-refractivity contribution in [1.29, 1.82) is 0 Å². The number of benzene rings is 3. The van der Waals surface area contributed by atoms with Gasteiger partial charge in [-0.1, -0.05) is 59.6 Å². The van der Waals surface area contributed by atoms with E-state index in [-0.39, 0.29) is 5.91 Å². The number of aryl methyl sites for hydroxylation is 1. The molecule has 140 valence electrons. The SMILES string of the molecule is Cc1oc(-c2cc(Cl)cc(Cl)c2)cc1C(=O)N(C)c1cccc2ccccc12. The quantitative estimate of drug-likeness (QED) is 0.365. The number of anilines is 1. The van der Waals surface area contributed by atoms with Crippen LogP contribution in [0.1, 0.15) is 16.1 Å². The van der Waals surface area contributed by atoms with Crippen LogP contribution in [0.3, 0.4) is 0 Å². The number of rotatable bonds is 3. The summed E-state index contributed by atoms with van der Waals surface area (Å²) in [6, 6.07) is 20.8. The fraction of sp³-hybridized carbons (Fsp3) is 0.0870. The number of furan rings is 1. The van der Waals surface area contributed by atoms with Crippen LogP contribution >= 0.6 is 23.2 Å². The van der Waals surface area contributed by atoms with Crippen molar-refractivity contribution in [2.24, 2.45) is 0 Å². The summed E-state index contributed by atoms with van der Waals surface area (Å²) >= 11 is 12.2. The molecule has 0 saturated carbocycles. The Morgan fingerprint density at radius 2 is 1.61 bits per heavy atom. The average Bonchev–Trinajstić information content (AvgIpc) is 3.07. The molecule has 0 aliphatic heterocycles. The van der Waals surface area contributed by atoms with Gasteiger partial charge in [-0.15, -0.1) is 0 Å². The summed E-state index contributed by atoms with van der Waals surface area (Å²) in [5.41, 5.74) is 2.07. The molecule has 28 heavy (non-hydrogen) atoms. The van der Waals surface area contributed by atoms with E-state index >= 15 is 0 Å². The van der Waals surface area contributed by atoms with Gasteiger partial charge in [0.05, 0.1) is 11.3 Å². The topological polar surface area (TPSA) is 33.5 Å². The molecule has 0 aliphatic carbocycles. The van der Waals surface area contributed by atoms with Crippen molar-refractivity contribution in [3.8, 4) is 11.3 Å². The number of carbonyl (C=O) groups is 1. The van der Waals surface area contributed by atoms with Gasteiger partial charge in [-0.05, 0) is 42.6 Å². The van der Waals surface area contributed by atoms with Crippen LogP contribution in [0.4, 0.5) is 5.69 Å². The summed E-state index contributed by atoms with van der Waals surface area (Å²) in [6.45, 7) is 1.78. The second kappa shape index (κ2) is 7.34. The molecule has 0 N–H and O–H groups in total. The molecular weight excluding hydrogens is 393 g/mol. The maximum absolute atomic E-state index is 13.2. The Morgan fingerprint density at radius 1 is 0.929 bits per heavy atom. The largest absolute Gasteiger partial charge is 0.461 e. The third kappa shape index (κ3) is 3.39. The van der Waals surface area contributed by atoms with E-state index < -0.39 is 0 Å². The Balaban J connectivity index is 1.73. The highest BCUT2D eigenvalue weighted by atomic mass is 35.5. The van der Waals surface area contributed by atoms with Crippen LogP contribution in [0.15, 0.2) is 71.1 Å². The smallest absolute Gasteiger partial charge is 0.261 e. The summed E-state index contributed by atoms with van der Waals surface area (Å²) in [4.78, 5) is 14.8. The van der Waals surface area contributed by atoms with Gasteiger partial charge >= 0.3 is 0 Å². The molecule has 0 unspecified atom stereocenters. The molecule has 0 aliphatic rings. The molecule has 0 saturated heterocycles. The zero-order valence-electron chi connectivity index (χ0n) is 15.4. The van der Waals surface area contributed by atoms with Gasteiger partial charge in [-0.3, -0.25) is 4.79 Å². The Bertz CT molecular complexity index is 1170. The average molecular weight is 410 g/mol. The normalized spacial score (nSPS) is 11.0. The molecule has 0 atom stereocenters. The van der Waals surface area contributed by atoms with Gasteiger partial charge in [0.1, 0.15) is 11.5 Å². The number of hydrogen-bond acceptors (Lipinski definition) is 2. The third-order valence-electron chi connectivity index (χ3n) is 4.73. The fourth-order valence-electron chi connectivity index (χ4n) is 3.32. The summed E-state index contributed by atoms with van der Waals surface area (Å²) in [6.07, 6.45) is 0. The highest BCUT2D eigenvalue weighted by Crippen LogP contribution is 2.32. The first-order chi connectivity index (χ1) is 13.4. The first kappa shape index (κ1) is 18.6. The number of nitrogens with zero attached hydrogens (tertiary/aromatic N) is 1. The van der Waals surface area contributed by atoms with Crippen LogP contribution in [0.2, 0.25) is 10.0 Å². The zero-order chi connectivity index (χ0) is 19.8. The van der Waals surface area contributed by atoms with Crippen LogP contribution in [-0.2, 0) is 0 Å². The summed E-state index contributed by atoms with van der Waals surface area (Å²) < 4.78 is 5.84. The van der Waals surface area contributed by atoms with Gasteiger partial charge in [0, 0.05) is 28.0 Å². The van der Waals surface area contributed by atoms with Crippen molar-refractivity contribution in [3.63, 3.8) is 0 Å². The van der Waals surface area contributed by atoms with Gasteiger partial charge in [0.2, 0.25) is 0 Å². The molecule has 4 aromatic rings. The lowest BCUT2D eigenvalue weighted by atomic mass is 10.1. The third-order valence-corrected chi connectivity index (χ3v) is 5.16. The van der Waals surface area contributed by atoms with E-state index in [0.717, 1.165) is 22.0 Å². The standard InChI is InChI=1S/C23H17Cl2NO2/c1-14-20(13-22(28-14)16-10-17(24)12-18(25)11-16)23(27)26(2)21-9-5-7-15-6-3-4-8-19(15)21/h3-13H,1-2H3. The lowest BCUT2D eigenvalue weighted by molar-refractivity contribution is 0.0992. The number of carbonyl (C=O) groups excluding carboxylic acids is 1. The maximum Gasteiger partial charge on any atom is 0.261 e. The molecule has 0 radical (unpaired) electrons. The van der Waals surface area contributed by atoms with E-state index in [1.807, 2.05) is 42.5 Å². The van der Waals surface area contributed by atoms with E-state index in [1.54, 1.807) is 43.1 Å². The summed E-state index contributed by atoms with van der Waals surface area (Å²) in [5, 5.41) is 3.12. The minimum atomic E-state index is -0.142. The molecule has 3 nitrogen and oxygen atoms in total. The van der Waals surface area contributed by atoms with Crippen LogP contribution in [-0.4, -0.2) is 13.0 Å². The molecule has 5 heteroatoms. The van der Waals surface area contributed by atoms with E-state index in [9.17, 15) is 4.79 Å². The van der Waals surface area contributed by atoms with Gasteiger partial charge < -0.3 is 9.32 Å². The molecule has 4 rings (SSSR count). The van der Waals surface area contributed by atoms with Crippen LogP contribution < -0.4 is 4.90 Å². The Morgan fingerprint density at radius 3 is 2.36 bits per heavy atom. The van der Waals surface area contributed by atoms with Crippen molar-refractivity contribution in [2.75, 3.05) is 11.9 Å². The molecule has 1 heterocycles. The van der Waals surface area contributed by atoms with Gasteiger partial charge in [0.25, 0.3) is 5.91 Å². The predicted molar refractivity (Wildman–Crippen MR) is 116 cm³/mol. The van der Waals surface area contributed by atoms with Crippen molar-refractivity contribution in [3.05, 3.63) is 88.1 Å². The number of hydrogen-bond donors (Lipinski definition) is 0.